The van der Waals surface area contributed by atoms with E-state index in [1.165, 1.54) is 31.3 Å². The summed E-state index contributed by atoms with van der Waals surface area (Å²) in [5, 5.41) is 0. The Balaban J connectivity index is -0.0000000400. The first-order valence-electron chi connectivity index (χ1n) is 10.7. The van der Waals surface area contributed by atoms with E-state index in [0.29, 0.717) is 0 Å². The second-order valence-electron chi connectivity index (χ2n) is 5.98. The Morgan fingerprint density at radius 2 is 1.11 bits per heavy atom. The lowest BCUT2D eigenvalue weighted by atomic mass is 10.2. The molecule has 0 unspecified atom stereocenters. The molecule has 0 aromatic heterocycles. The third-order valence-corrected chi connectivity index (χ3v) is 2.17. The highest BCUT2D eigenvalue weighted by molar-refractivity contribution is 5.20. The normalized spacial score (nSPS) is 8.93. The first-order chi connectivity index (χ1) is 12.4. The molecule has 0 atom stereocenters. The minimum absolute atomic E-state index is 0. The second-order valence-corrected chi connectivity index (χ2v) is 5.98. The molecule has 166 valence electrons. The van der Waals surface area contributed by atoms with E-state index in [0.717, 1.165) is 12.3 Å². The van der Waals surface area contributed by atoms with Crippen LogP contribution in [0, 0.1) is 18.8 Å². The van der Waals surface area contributed by atoms with Crippen LogP contribution < -0.4 is 0 Å². The Morgan fingerprint density at radius 3 is 1.30 bits per heavy atom. The molecule has 0 heterocycles. The van der Waals surface area contributed by atoms with Crippen molar-refractivity contribution in [1.82, 2.24) is 0 Å². The fraction of sp³-hybridized carbons (Fsp3) is 0.704. The minimum atomic E-state index is 0. The Morgan fingerprint density at radius 1 is 0.815 bits per heavy atom. The van der Waals surface area contributed by atoms with Crippen LogP contribution in [0.15, 0.2) is 36.0 Å². The van der Waals surface area contributed by atoms with Gasteiger partial charge in [0.15, 0.2) is 0 Å². The van der Waals surface area contributed by atoms with Gasteiger partial charge in [0.25, 0.3) is 0 Å². The summed E-state index contributed by atoms with van der Waals surface area (Å²) in [6, 6.07) is 0. The van der Waals surface area contributed by atoms with Crippen molar-refractivity contribution in [3.05, 3.63) is 36.0 Å². The highest BCUT2D eigenvalue weighted by atomic mass is 13.8. The van der Waals surface area contributed by atoms with Crippen molar-refractivity contribution in [3.63, 3.8) is 0 Å². The van der Waals surface area contributed by atoms with Crippen molar-refractivity contribution in [3.8, 4) is 12.8 Å². The maximum atomic E-state index is 4.00. The summed E-state index contributed by atoms with van der Waals surface area (Å²) in [6.45, 7) is 25.5. The Hall–Kier alpha value is -1.22. The van der Waals surface area contributed by atoms with Crippen molar-refractivity contribution < 1.29 is 0 Å². The van der Waals surface area contributed by atoms with E-state index in [-0.39, 0.29) is 7.43 Å². The zero-order chi connectivity index (χ0) is 22.2. The van der Waals surface area contributed by atoms with Gasteiger partial charge < -0.3 is 0 Å². The smallest absolute Gasteiger partial charge is 0.0376 e. The molecule has 0 N–H and O–H groups in total. The zero-order valence-electron chi connectivity index (χ0n) is 20.7. The van der Waals surface area contributed by atoms with Crippen LogP contribution in [0.5, 0.6) is 0 Å². The van der Waals surface area contributed by atoms with Crippen molar-refractivity contribution in [2.75, 3.05) is 0 Å². The molecule has 0 aromatic rings. The summed E-state index contributed by atoms with van der Waals surface area (Å²) in [7, 11) is 0. The molecule has 0 aliphatic rings. The van der Waals surface area contributed by atoms with Crippen LogP contribution in [0.4, 0.5) is 0 Å². The molecule has 0 saturated carbocycles. The monoisotopic (exact) mass is 382 g/mol. The average molecular weight is 383 g/mol. The number of allylic oxidation sites excluding steroid dienone is 6. The summed E-state index contributed by atoms with van der Waals surface area (Å²) in [4.78, 5) is 0. The van der Waals surface area contributed by atoms with E-state index >= 15 is 0 Å². The third kappa shape index (κ3) is 167. The lowest BCUT2D eigenvalue weighted by molar-refractivity contribution is 0.737. The molecule has 0 aliphatic heterocycles. The average Bonchev–Trinajstić information content (AvgIpc) is 2.67. The van der Waals surface area contributed by atoms with Crippen LogP contribution in [0.1, 0.15) is 123 Å². The van der Waals surface area contributed by atoms with Gasteiger partial charge >= 0.3 is 0 Å². The lowest BCUT2D eigenvalue weighted by Crippen LogP contribution is -1.66. The molecule has 27 heavy (non-hydrogen) atoms. The van der Waals surface area contributed by atoms with Gasteiger partial charge in [-0.3, -0.25) is 0 Å². The zero-order valence-corrected chi connectivity index (χ0v) is 20.7. The van der Waals surface area contributed by atoms with E-state index < -0.39 is 0 Å². The van der Waals surface area contributed by atoms with Gasteiger partial charge in [-0.1, -0.05) is 138 Å². The fourth-order valence-corrected chi connectivity index (χ4v) is 0.607. The van der Waals surface area contributed by atoms with Gasteiger partial charge in [-0.25, -0.2) is 0 Å². The van der Waals surface area contributed by atoms with Gasteiger partial charge in [-0.2, -0.15) is 0 Å². The van der Waals surface area contributed by atoms with Crippen molar-refractivity contribution in [2.45, 2.75) is 123 Å². The summed E-state index contributed by atoms with van der Waals surface area (Å²) in [5.74, 6) is 0.833. The van der Waals surface area contributed by atoms with Crippen LogP contribution in [0.2, 0.25) is 0 Å². The summed E-state index contributed by atoms with van der Waals surface area (Å²) in [6.07, 6.45) is 24.9. The van der Waals surface area contributed by atoms with Crippen LogP contribution in [0.25, 0.3) is 0 Å². The van der Waals surface area contributed by atoms with E-state index in [2.05, 4.69) is 99.5 Å². The molecule has 0 radical (unpaired) electrons. The summed E-state index contributed by atoms with van der Waals surface area (Å²) >= 11 is 0. The number of hydrogen-bond acceptors (Lipinski definition) is 0. The second kappa shape index (κ2) is 64.1. The molecule has 0 spiro atoms. The van der Waals surface area contributed by atoms with Crippen LogP contribution >= 0.6 is 0 Å². The standard InChI is InChI=1S/C10H16.3C4H10.C2H6.C2H2.CH4/c1-4-6-8-10(3)9-7-5-2;1-4(2)3;2*1-3-4-2;2*1-2;/h4,6-9H,5H2,1-3H3;4H,1-3H3;2*3-4H2,1-2H3;1-2H3;1-2H;1H4/b6-4-,9-7-,10-8-;;;;;;. The third-order valence-electron chi connectivity index (χ3n) is 2.17. The van der Waals surface area contributed by atoms with Gasteiger partial charge in [0, 0.05) is 0 Å². The number of hydrogen-bond donors (Lipinski definition) is 0. The molecular formula is C27H58. The molecule has 0 nitrogen and oxygen atoms in total. The molecule has 0 rings (SSSR count). The molecule has 0 aliphatic carbocycles. The minimum Gasteiger partial charge on any atom is -0.124 e. The summed E-state index contributed by atoms with van der Waals surface area (Å²) < 4.78 is 0. The largest absolute Gasteiger partial charge is 0.124 e. The first kappa shape index (κ1) is 44.9. The van der Waals surface area contributed by atoms with E-state index in [9.17, 15) is 0 Å². The number of rotatable bonds is 5. The maximum absolute atomic E-state index is 4.00. The predicted octanol–water partition coefficient (Wildman–Crippen LogP) is 10.7. The Bertz CT molecular complexity index is 250. The Kier molecular flexibility index (Phi) is 107. The van der Waals surface area contributed by atoms with Gasteiger partial charge in [0.05, 0.1) is 0 Å². The van der Waals surface area contributed by atoms with Gasteiger partial charge in [-0.15, -0.1) is 12.8 Å². The highest BCUT2D eigenvalue weighted by Gasteiger charge is 1.74. The fourth-order valence-electron chi connectivity index (χ4n) is 0.607. The molecule has 0 fully saturated rings. The lowest BCUT2D eigenvalue weighted by Gasteiger charge is -1.85. The summed E-state index contributed by atoms with van der Waals surface area (Å²) in [5.41, 5.74) is 1.31. The molecular weight excluding hydrogens is 324 g/mol. The van der Waals surface area contributed by atoms with Crippen LogP contribution in [-0.4, -0.2) is 0 Å². The molecule has 0 bridgehead atoms. The quantitative estimate of drug-likeness (QED) is 0.327. The van der Waals surface area contributed by atoms with E-state index in [4.69, 9.17) is 0 Å². The molecule has 0 aromatic carbocycles. The van der Waals surface area contributed by atoms with E-state index in [1.54, 1.807) is 0 Å². The van der Waals surface area contributed by atoms with Crippen molar-refractivity contribution in [2.24, 2.45) is 5.92 Å². The van der Waals surface area contributed by atoms with Gasteiger partial charge in [0.2, 0.25) is 0 Å². The first-order valence-corrected chi connectivity index (χ1v) is 10.7. The van der Waals surface area contributed by atoms with Crippen LogP contribution in [0.3, 0.4) is 0 Å². The van der Waals surface area contributed by atoms with Crippen molar-refractivity contribution >= 4 is 0 Å². The number of terminal acetylenes is 1. The molecule has 0 heteroatoms. The number of unbranched alkanes of at least 4 members (excludes halogenated alkanes) is 2. The van der Waals surface area contributed by atoms with Crippen LogP contribution in [-0.2, 0) is 0 Å². The molecule has 0 amide bonds. The van der Waals surface area contributed by atoms with Crippen molar-refractivity contribution in [1.29, 1.82) is 0 Å². The van der Waals surface area contributed by atoms with Gasteiger partial charge in [-0.05, 0) is 26.2 Å². The topological polar surface area (TPSA) is 0 Å². The maximum Gasteiger partial charge on any atom is -0.0376 e. The van der Waals surface area contributed by atoms with Gasteiger partial charge in [0.1, 0.15) is 0 Å². The molecule has 0 saturated heterocycles. The predicted molar refractivity (Wildman–Crippen MR) is 138 cm³/mol. The van der Waals surface area contributed by atoms with E-state index in [1.807, 2.05) is 26.8 Å². The SMILES string of the molecule is C.C#C.CC.CC(C)C.CCCC.CCCC.C\C=C/C=C(C)\C=C/CC. The highest BCUT2D eigenvalue weighted by Crippen LogP contribution is 1.95. The Labute approximate surface area is 177 Å².